The summed E-state index contributed by atoms with van der Waals surface area (Å²) in [6.45, 7) is 0. The Labute approximate surface area is 110 Å². The SMILES string of the molecule is O=C(O)C1=NNC=NN1.[H-].[H-].[Na+].[Na+]. The topological polar surface area (TPSA) is 86.1 Å². The Morgan fingerprint density at radius 2 is 2.27 bits per heavy atom. The molecule has 0 amide bonds. The molecule has 8 heteroatoms. The second-order valence-electron chi connectivity index (χ2n) is 1.26. The van der Waals surface area contributed by atoms with E-state index in [1.165, 1.54) is 6.34 Å². The van der Waals surface area contributed by atoms with Crippen molar-refractivity contribution >= 4 is 18.1 Å². The Morgan fingerprint density at radius 1 is 1.64 bits per heavy atom. The molecule has 0 spiro atoms. The average molecular weight is 176 g/mol. The number of carbonyl (C=O) groups is 1. The zero-order chi connectivity index (χ0) is 6.69. The summed E-state index contributed by atoms with van der Waals surface area (Å²) < 4.78 is 0. The van der Waals surface area contributed by atoms with Gasteiger partial charge in [0.2, 0.25) is 0 Å². The van der Waals surface area contributed by atoms with E-state index in [-0.39, 0.29) is 67.8 Å². The molecule has 0 aromatic rings. The van der Waals surface area contributed by atoms with Gasteiger partial charge in [0.15, 0.2) is 0 Å². The molecule has 0 aromatic carbocycles. The van der Waals surface area contributed by atoms with E-state index in [1.807, 2.05) is 0 Å². The van der Waals surface area contributed by atoms with Crippen molar-refractivity contribution in [3.8, 4) is 0 Å². The van der Waals surface area contributed by atoms with Gasteiger partial charge in [-0.05, 0) is 0 Å². The van der Waals surface area contributed by atoms with Crippen LogP contribution < -0.4 is 70.0 Å². The van der Waals surface area contributed by atoms with E-state index in [9.17, 15) is 4.79 Å². The summed E-state index contributed by atoms with van der Waals surface area (Å²) in [4.78, 5) is 10.0. The van der Waals surface area contributed by atoms with Crippen molar-refractivity contribution in [1.29, 1.82) is 0 Å². The van der Waals surface area contributed by atoms with Crippen LogP contribution in [0.4, 0.5) is 0 Å². The standard InChI is InChI=1S/C3H4N4O2.2Na.2H/c8-3(9)2-6-4-1-5-7-2;;;;/h1H,(H,4,5)(H,6,7)(H,8,9);;;;/q;2*+1;2*-1. The fraction of sp³-hybridized carbons (Fsp3) is 0. The monoisotopic (exact) mass is 176 g/mol. The number of nitrogens with one attached hydrogen (secondary N) is 2. The van der Waals surface area contributed by atoms with Crippen molar-refractivity contribution in [1.82, 2.24) is 10.9 Å². The van der Waals surface area contributed by atoms with Gasteiger partial charge in [-0.3, -0.25) is 10.9 Å². The normalized spacial score (nSPS) is 12.5. The molecule has 0 bridgehead atoms. The van der Waals surface area contributed by atoms with E-state index < -0.39 is 5.97 Å². The van der Waals surface area contributed by atoms with Gasteiger partial charge >= 0.3 is 65.1 Å². The number of amidine groups is 1. The summed E-state index contributed by atoms with van der Waals surface area (Å²) in [6.07, 6.45) is 1.24. The van der Waals surface area contributed by atoms with Gasteiger partial charge in [0, 0.05) is 0 Å². The third-order valence-corrected chi connectivity index (χ3v) is 0.672. The van der Waals surface area contributed by atoms with E-state index in [1.54, 1.807) is 0 Å². The van der Waals surface area contributed by atoms with E-state index in [2.05, 4.69) is 21.1 Å². The van der Waals surface area contributed by atoms with Crippen molar-refractivity contribution in [2.75, 3.05) is 0 Å². The summed E-state index contributed by atoms with van der Waals surface area (Å²) >= 11 is 0. The Kier molecular flexibility index (Phi) is 8.99. The molecule has 0 aromatic heterocycles. The predicted octanol–water partition coefficient (Wildman–Crippen LogP) is -7.25. The van der Waals surface area contributed by atoms with Crippen molar-refractivity contribution in [2.45, 2.75) is 0 Å². The van der Waals surface area contributed by atoms with Gasteiger partial charge in [0.05, 0.1) is 0 Å². The molecule has 0 saturated heterocycles. The third-order valence-electron chi connectivity index (χ3n) is 0.672. The van der Waals surface area contributed by atoms with Crippen LogP contribution in [0.5, 0.6) is 0 Å². The molecule has 1 aliphatic rings. The van der Waals surface area contributed by atoms with Crippen molar-refractivity contribution in [3.63, 3.8) is 0 Å². The average Bonchev–Trinajstić information content (AvgIpc) is 1.90. The quantitative estimate of drug-likeness (QED) is 0.346. The maximum atomic E-state index is 10.0. The Morgan fingerprint density at radius 3 is 2.55 bits per heavy atom. The first-order valence-electron chi connectivity index (χ1n) is 2.15. The van der Waals surface area contributed by atoms with Crippen LogP contribution in [0, 0.1) is 0 Å². The first-order chi connectivity index (χ1) is 4.30. The molecule has 52 valence electrons. The van der Waals surface area contributed by atoms with Crippen molar-refractivity contribution in [2.24, 2.45) is 10.2 Å². The van der Waals surface area contributed by atoms with Crippen LogP contribution in [0.15, 0.2) is 10.2 Å². The number of carboxylic acid groups (broad SMARTS) is 1. The second-order valence-corrected chi connectivity index (χ2v) is 1.26. The molecule has 0 radical (unpaired) electrons. The summed E-state index contributed by atoms with van der Waals surface area (Å²) in [6, 6.07) is 0. The number of hydrogen-bond acceptors (Lipinski definition) is 5. The van der Waals surface area contributed by atoms with Crippen LogP contribution in [0.3, 0.4) is 0 Å². The van der Waals surface area contributed by atoms with Gasteiger partial charge in [-0.15, -0.1) is 5.10 Å². The molecule has 1 aliphatic heterocycles. The molecule has 11 heavy (non-hydrogen) atoms. The number of carboxylic acids is 1. The van der Waals surface area contributed by atoms with Gasteiger partial charge in [0.25, 0.3) is 5.84 Å². The van der Waals surface area contributed by atoms with Crippen LogP contribution in [-0.4, -0.2) is 23.2 Å². The smallest absolute Gasteiger partial charge is 1.00 e. The van der Waals surface area contributed by atoms with Crippen LogP contribution in [0.25, 0.3) is 0 Å². The zero-order valence-corrected chi connectivity index (χ0v) is 10.3. The maximum absolute atomic E-state index is 10.0. The molecule has 0 atom stereocenters. The van der Waals surface area contributed by atoms with Gasteiger partial charge in [0.1, 0.15) is 6.34 Å². The first kappa shape index (κ1) is 14.0. The summed E-state index contributed by atoms with van der Waals surface area (Å²) in [5.41, 5.74) is 4.45. The van der Waals surface area contributed by atoms with E-state index >= 15 is 0 Å². The number of rotatable bonds is 1. The minimum atomic E-state index is -1.14. The van der Waals surface area contributed by atoms with Gasteiger partial charge in [-0.25, -0.2) is 4.79 Å². The Balaban J connectivity index is -0.000000101. The van der Waals surface area contributed by atoms with Crippen molar-refractivity contribution < 1.29 is 71.9 Å². The number of nitrogens with zero attached hydrogens (tertiary/aromatic N) is 2. The Hall–Kier alpha value is 0.410. The number of hydrogen-bond donors (Lipinski definition) is 3. The minimum Gasteiger partial charge on any atom is -1.00 e. The Bertz CT molecular complexity index is 200. The number of hydrazone groups is 2. The molecule has 0 unspecified atom stereocenters. The van der Waals surface area contributed by atoms with E-state index in [0.717, 1.165) is 0 Å². The molecular formula is C3H6N4Na2O2. The summed E-state index contributed by atoms with van der Waals surface area (Å²) in [7, 11) is 0. The van der Waals surface area contributed by atoms with E-state index in [0.29, 0.717) is 0 Å². The zero-order valence-electron chi connectivity index (χ0n) is 8.33. The molecule has 1 heterocycles. The van der Waals surface area contributed by atoms with Crippen LogP contribution >= 0.6 is 0 Å². The molecule has 3 N–H and O–H groups in total. The predicted molar refractivity (Wildman–Crippen MR) is 32.1 cm³/mol. The second kappa shape index (κ2) is 7.08. The largest absolute Gasteiger partial charge is 1.00 e. The van der Waals surface area contributed by atoms with Gasteiger partial charge in [-0.2, -0.15) is 5.10 Å². The third kappa shape index (κ3) is 4.78. The molecule has 0 fully saturated rings. The molecule has 0 saturated carbocycles. The van der Waals surface area contributed by atoms with Gasteiger partial charge in [-0.1, -0.05) is 0 Å². The van der Waals surface area contributed by atoms with Crippen LogP contribution in [0.2, 0.25) is 0 Å². The summed E-state index contributed by atoms with van der Waals surface area (Å²) in [5.74, 6) is -1.35. The maximum Gasteiger partial charge on any atom is 1.00 e. The first-order valence-corrected chi connectivity index (χ1v) is 2.15. The fourth-order valence-electron chi connectivity index (χ4n) is 0.336. The molecular weight excluding hydrogens is 170 g/mol. The minimum absolute atomic E-state index is 0. The number of aliphatic carboxylic acids is 1. The molecule has 1 rings (SSSR count). The van der Waals surface area contributed by atoms with E-state index in [4.69, 9.17) is 5.11 Å². The summed E-state index contributed by atoms with van der Waals surface area (Å²) in [5, 5.41) is 14.9. The van der Waals surface area contributed by atoms with Gasteiger partial charge < -0.3 is 7.96 Å². The van der Waals surface area contributed by atoms with Crippen molar-refractivity contribution in [3.05, 3.63) is 0 Å². The fourth-order valence-corrected chi connectivity index (χ4v) is 0.336. The van der Waals surface area contributed by atoms with Crippen LogP contribution in [-0.2, 0) is 4.79 Å². The van der Waals surface area contributed by atoms with Crippen LogP contribution in [0.1, 0.15) is 2.85 Å². The molecule has 6 nitrogen and oxygen atoms in total. The molecule has 0 aliphatic carbocycles.